The first-order valence-electron chi connectivity index (χ1n) is 5.05. The van der Waals surface area contributed by atoms with E-state index in [9.17, 15) is 0 Å². The topological polar surface area (TPSA) is 70.3 Å². The van der Waals surface area contributed by atoms with Crippen molar-refractivity contribution in [2.75, 3.05) is 20.0 Å². The summed E-state index contributed by atoms with van der Waals surface area (Å²) in [6.07, 6.45) is 1.56. The molecule has 0 bridgehead atoms. The van der Waals surface area contributed by atoms with Crippen molar-refractivity contribution in [3.63, 3.8) is 0 Å². The Bertz CT molecular complexity index is 512. The highest BCUT2D eigenvalue weighted by atomic mass is 16.5. The van der Waals surface area contributed by atoms with Crippen LogP contribution in [0.2, 0.25) is 0 Å². The van der Waals surface area contributed by atoms with Crippen LogP contribution in [-0.4, -0.2) is 24.2 Å². The fourth-order valence-corrected chi connectivity index (χ4v) is 1.42. The van der Waals surface area contributed by atoms with Crippen molar-refractivity contribution in [2.24, 2.45) is 0 Å². The van der Waals surface area contributed by atoms with Crippen LogP contribution in [0.1, 0.15) is 0 Å². The van der Waals surface area contributed by atoms with Crippen LogP contribution < -0.4 is 15.2 Å². The van der Waals surface area contributed by atoms with E-state index < -0.39 is 0 Å². The predicted octanol–water partition coefficient (Wildman–Crippen LogP) is 1.74. The zero-order valence-corrected chi connectivity index (χ0v) is 9.68. The molecule has 0 saturated carbocycles. The zero-order valence-electron chi connectivity index (χ0n) is 9.68. The van der Waals surface area contributed by atoms with Gasteiger partial charge in [-0.25, -0.2) is 9.97 Å². The second kappa shape index (κ2) is 4.69. The smallest absolute Gasteiger partial charge is 0.179 e. The number of nitrogens with two attached hydrogens (primary N) is 1. The highest BCUT2D eigenvalue weighted by Gasteiger charge is 2.06. The minimum absolute atomic E-state index is 0.327. The highest BCUT2D eigenvalue weighted by molar-refractivity contribution is 5.59. The summed E-state index contributed by atoms with van der Waals surface area (Å²) in [4.78, 5) is 8.35. The molecule has 0 unspecified atom stereocenters. The lowest BCUT2D eigenvalue weighted by Gasteiger charge is -2.06. The molecule has 0 atom stereocenters. The molecule has 1 aromatic carbocycles. The van der Waals surface area contributed by atoms with Gasteiger partial charge in [0.1, 0.15) is 5.75 Å². The molecule has 0 amide bonds. The van der Waals surface area contributed by atoms with Crippen LogP contribution in [0.25, 0.3) is 11.4 Å². The lowest BCUT2D eigenvalue weighted by atomic mass is 10.2. The number of benzene rings is 1. The van der Waals surface area contributed by atoms with Crippen LogP contribution in [0.4, 0.5) is 5.82 Å². The van der Waals surface area contributed by atoms with E-state index in [-0.39, 0.29) is 0 Å². The highest BCUT2D eigenvalue weighted by Crippen LogP contribution is 2.23. The lowest BCUT2D eigenvalue weighted by Crippen LogP contribution is -1.99. The SMILES string of the molecule is COc1ccc(-c2ncc(OC)c(N)n2)cc1. The van der Waals surface area contributed by atoms with Gasteiger partial charge in [0, 0.05) is 5.56 Å². The van der Waals surface area contributed by atoms with Crippen molar-refractivity contribution in [3.05, 3.63) is 30.5 Å². The molecule has 2 aromatic rings. The first-order chi connectivity index (χ1) is 8.24. The van der Waals surface area contributed by atoms with Gasteiger partial charge in [0.25, 0.3) is 0 Å². The molecule has 0 fully saturated rings. The third-order valence-corrected chi connectivity index (χ3v) is 2.35. The molecule has 0 aliphatic carbocycles. The van der Waals surface area contributed by atoms with Crippen molar-refractivity contribution >= 4 is 5.82 Å². The second-order valence-electron chi connectivity index (χ2n) is 3.38. The van der Waals surface area contributed by atoms with Gasteiger partial charge in [-0.15, -0.1) is 0 Å². The number of nitrogens with zero attached hydrogens (tertiary/aromatic N) is 2. The maximum atomic E-state index is 5.72. The summed E-state index contributed by atoms with van der Waals surface area (Å²) in [5, 5.41) is 0. The molecule has 1 aromatic heterocycles. The maximum Gasteiger partial charge on any atom is 0.179 e. The third-order valence-electron chi connectivity index (χ3n) is 2.35. The van der Waals surface area contributed by atoms with Crippen molar-refractivity contribution in [1.29, 1.82) is 0 Å². The molecule has 17 heavy (non-hydrogen) atoms. The minimum atomic E-state index is 0.327. The van der Waals surface area contributed by atoms with Crippen LogP contribution in [0.5, 0.6) is 11.5 Å². The number of anilines is 1. The Morgan fingerprint density at radius 2 is 1.76 bits per heavy atom. The van der Waals surface area contributed by atoms with Crippen LogP contribution in [0, 0.1) is 0 Å². The normalized spacial score (nSPS) is 10.0. The number of aromatic nitrogens is 2. The summed E-state index contributed by atoms with van der Waals surface area (Å²) >= 11 is 0. The molecule has 2 rings (SSSR count). The van der Waals surface area contributed by atoms with E-state index in [1.54, 1.807) is 13.3 Å². The van der Waals surface area contributed by atoms with E-state index >= 15 is 0 Å². The predicted molar refractivity (Wildman–Crippen MR) is 65.0 cm³/mol. The van der Waals surface area contributed by atoms with Crippen molar-refractivity contribution in [1.82, 2.24) is 9.97 Å². The number of ether oxygens (including phenoxy) is 2. The molecule has 0 aliphatic heterocycles. The zero-order chi connectivity index (χ0) is 12.3. The van der Waals surface area contributed by atoms with E-state index in [0.717, 1.165) is 11.3 Å². The Morgan fingerprint density at radius 1 is 1.06 bits per heavy atom. The number of methoxy groups -OCH3 is 2. The molecular weight excluding hydrogens is 218 g/mol. The molecule has 0 spiro atoms. The molecule has 5 heteroatoms. The average Bonchev–Trinajstić information content (AvgIpc) is 2.39. The maximum absolute atomic E-state index is 5.72. The van der Waals surface area contributed by atoms with Crippen LogP contribution in [0.3, 0.4) is 0 Å². The Morgan fingerprint density at radius 3 is 2.29 bits per heavy atom. The van der Waals surface area contributed by atoms with E-state index in [2.05, 4.69) is 9.97 Å². The van der Waals surface area contributed by atoms with Gasteiger partial charge in [0.05, 0.1) is 20.4 Å². The van der Waals surface area contributed by atoms with E-state index in [0.29, 0.717) is 17.4 Å². The Balaban J connectivity index is 2.35. The van der Waals surface area contributed by atoms with Crippen LogP contribution in [-0.2, 0) is 0 Å². The molecule has 2 N–H and O–H groups in total. The third kappa shape index (κ3) is 2.28. The van der Waals surface area contributed by atoms with E-state index in [1.807, 2.05) is 24.3 Å². The fourth-order valence-electron chi connectivity index (χ4n) is 1.42. The monoisotopic (exact) mass is 231 g/mol. The number of hydrogen-bond donors (Lipinski definition) is 1. The molecule has 88 valence electrons. The lowest BCUT2D eigenvalue weighted by molar-refractivity contribution is 0.413. The van der Waals surface area contributed by atoms with Crippen LogP contribution >= 0.6 is 0 Å². The van der Waals surface area contributed by atoms with E-state index in [4.69, 9.17) is 15.2 Å². The summed E-state index contributed by atoms with van der Waals surface area (Å²) in [5.74, 6) is 2.15. The molecule has 0 aliphatic rings. The second-order valence-corrected chi connectivity index (χ2v) is 3.38. The van der Waals surface area contributed by atoms with Gasteiger partial charge in [0.15, 0.2) is 17.4 Å². The first-order valence-corrected chi connectivity index (χ1v) is 5.05. The van der Waals surface area contributed by atoms with Gasteiger partial charge in [-0.3, -0.25) is 0 Å². The van der Waals surface area contributed by atoms with Gasteiger partial charge in [-0.05, 0) is 24.3 Å². The Hall–Kier alpha value is -2.30. The summed E-state index contributed by atoms with van der Waals surface area (Å²) in [5.41, 5.74) is 6.60. The fraction of sp³-hybridized carbons (Fsp3) is 0.167. The standard InChI is InChI=1S/C12H13N3O2/c1-16-9-5-3-8(4-6-9)12-14-7-10(17-2)11(13)15-12/h3-7H,1-2H3,(H2,13,14,15). The summed E-state index contributed by atoms with van der Waals surface area (Å²) in [7, 11) is 3.15. The van der Waals surface area contributed by atoms with Gasteiger partial charge < -0.3 is 15.2 Å². The molecular formula is C12H13N3O2. The number of nitrogen functional groups attached to an aromatic ring is 1. The van der Waals surface area contributed by atoms with Crippen LogP contribution in [0.15, 0.2) is 30.5 Å². The summed E-state index contributed by atoms with van der Waals surface area (Å²) in [6.45, 7) is 0. The Kier molecular flexibility index (Phi) is 3.09. The van der Waals surface area contributed by atoms with Gasteiger partial charge in [0.2, 0.25) is 0 Å². The number of rotatable bonds is 3. The largest absolute Gasteiger partial charge is 0.497 e. The Labute approximate surface area is 99.2 Å². The van der Waals surface area contributed by atoms with Crippen molar-refractivity contribution in [2.45, 2.75) is 0 Å². The first kappa shape index (κ1) is 11.2. The molecule has 0 radical (unpaired) electrons. The van der Waals surface area contributed by atoms with Gasteiger partial charge in [-0.1, -0.05) is 0 Å². The van der Waals surface area contributed by atoms with Crippen molar-refractivity contribution < 1.29 is 9.47 Å². The molecule has 0 saturated heterocycles. The van der Waals surface area contributed by atoms with Gasteiger partial charge in [-0.2, -0.15) is 0 Å². The quantitative estimate of drug-likeness (QED) is 0.871. The van der Waals surface area contributed by atoms with Crippen molar-refractivity contribution in [3.8, 4) is 22.9 Å². The average molecular weight is 231 g/mol. The van der Waals surface area contributed by atoms with E-state index in [1.165, 1.54) is 7.11 Å². The summed E-state index contributed by atoms with van der Waals surface area (Å²) < 4.78 is 10.1. The summed E-state index contributed by atoms with van der Waals surface area (Å²) in [6, 6.07) is 7.44. The minimum Gasteiger partial charge on any atom is -0.497 e. The molecule has 1 heterocycles. The van der Waals surface area contributed by atoms with Gasteiger partial charge >= 0.3 is 0 Å². The number of hydrogen-bond acceptors (Lipinski definition) is 5. The molecule has 5 nitrogen and oxygen atoms in total.